The molecule has 0 spiro atoms. The van der Waals surface area contributed by atoms with Crippen LogP contribution in [0.2, 0.25) is 0 Å². The largest absolute Gasteiger partial charge is 0.381 e. The maximum Gasteiger partial charge on any atom is 0.227 e. The van der Waals surface area contributed by atoms with Crippen LogP contribution in [0.15, 0.2) is 0 Å². The molecule has 0 atom stereocenters. The zero-order valence-corrected chi connectivity index (χ0v) is 12.1. The number of amides is 1. The highest BCUT2D eigenvalue weighted by atomic mass is 16.5. The first-order chi connectivity index (χ1) is 9.10. The second kappa shape index (κ2) is 8.47. The van der Waals surface area contributed by atoms with Crippen LogP contribution in [-0.4, -0.2) is 71.0 Å². The second-order valence-corrected chi connectivity index (χ2v) is 5.27. The molecule has 6 heteroatoms. The van der Waals surface area contributed by atoms with E-state index in [1.54, 1.807) is 0 Å². The van der Waals surface area contributed by atoms with Crippen molar-refractivity contribution >= 4 is 5.91 Å². The fourth-order valence-corrected chi connectivity index (χ4v) is 2.06. The van der Waals surface area contributed by atoms with Crippen molar-refractivity contribution in [3.05, 3.63) is 0 Å². The number of nitrogens with one attached hydrogen (secondary N) is 1. The van der Waals surface area contributed by atoms with Crippen molar-refractivity contribution in [3.63, 3.8) is 0 Å². The van der Waals surface area contributed by atoms with Crippen molar-refractivity contribution in [2.45, 2.75) is 12.8 Å². The van der Waals surface area contributed by atoms with Crippen molar-refractivity contribution < 1.29 is 14.3 Å². The third-order valence-corrected chi connectivity index (χ3v) is 3.54. The van der Waals surface area contributed by atoms with E-state index in [2.05, 4.69) is 10.2 Å². The number of nitrogens with two attached hydrogens (primary N) is 1. The number of ether oxygens (including phenoxy) is 2. The average molecular weight is 273 g/mol. The van der Waals surface area contributed by atoms with Gasteiger partial charge in [-0.15, -0.1) is 0 Å². The molecule has 0 aromatic carbocycles. The predicted octanol–water partition coefficient (Wildman–Crippen LogP) is -0.564. The third kappa shape index (κ3) is 5.44. The van der Waals surface area contributed by atoms with E-state index in [4.69, 9.17) is 15.2 Å². The van der Waals surface area contributed by atoms with Gasteiger partial charge < -0.3 is 25.4 Å². The summed E-state index contributed by atoms with van der Waals surface area (Å²) in [5.41, 5.74) is 5.33. The van der Waals surface area contributed by atoms with E-state index in [0.717, 1.165) is 6.54 Å². The summed E-state index contributed by atoms with van der Waals surface area (Å²) in [6.07, 6.45) is 1.41. The quantitative estimate of drug-likeness (QED) is 0.580. The van der Waals surface area contributed by atoms with Crippen LogP contribution in [0.4, 0.5) is 0 Å². The molecule has 1 aliphatic heterocycles. The maximum atomic E-state index is 12.2. The van der Waals surface area contributed by atoms with Gasteiger partial charge in [0, 0.05) is 32.8 Å². The zero-order valence-electron chi connectivity index (χ0n) is 12.1. The first kappa shape index (κ1) is 16.4. The molecule has 112 valence electrons. The van der Waals surface area contributed by atoms with Crippen LogP contribution in [0.25, 0.3) is 0 Å². The van der Waals surface area contributed by atoms with Crippen LogP contribution in [0.5, 0.6) is 0 Å². The zero-order chi connectivity index (χ0) is 14.1. The summed E-state index contributed by atoms with van der Waals surface area (Å²) in [6.45, 7) is 4.25. The van der Waals surface area contributed by atoms with E-state index in [9.17, 15) is 4.79 Å². The summed E-state index contributed by atoms with van der Waals surface area (Å²) in [5.74, 6) is 0.0366. The van der Waals surface area contributed by atoms with E-state index >= 15 is 0 Å². The fourth-order valence-electron chi connectivity index (χ4n) is 2.06. The van der Waals surface area contributed by atoms with Gasteiger partial charge in [-0.25, -0.2) is 0 Å². The molecule has 0 saturated carbocycles. The minimum atomic E-state index is -0.443. The monoisotopic (exact) mass is 273 g/mol. The van der Waals surface area contributed by atoms with Gasteiger partial charge in [-0.3, -0.25) is 4.79 Å². The van der Waals surface area contributed by atoms with Crippen LogP contribution < -0.4 is 11.1 Å². The molecule has 0 unspecified atom stereocenters. The van der Waals surface area contributed by atoms with Crippen LogP contribution in [0, 0.1) is 5.41 Å². The van der Waals surface area contributed by atoms with Gasteiger partial charge in [-0.05, 0) is 26.9 Å². The molecule has 1 amide bonds. The van der Waals surface area contributed by atoms with E-state index in [-0.39, 0.29) is 5.91 Å². The summed E-state index contributed by atoms with van der Waals surface area (Å²) in [4.78, 5) is 14.2. The van der Waals surface area contributed by atoms with E-state index in [1.165, 1.54) is 0 Å². The van der Waals surface area contributed by atoms with Crippen molar-refractivity contribution in [1.29, 1.82) is 0 Å². The van der Waals surface area contributed by atoms with Crippen molar-refractivity contribution in [2.24, 2.45) is 11.1 Å². The standard InChI is InChI=1S/C13H27N3O3/c1-16(2)6-10-19-9-5-15-12(17)13(11-14)3-7-18-8-4-13/h3-11,14H2,1-2H3,(H,15,17). The molecule has 6 nitrogen and oxygen atoms in total. The highest BCUT2D eigenvalue weighted by Crippen LogP contribution is 2.29. The van der Waals surface area contributed by atoms with Crippen LogP contribution in [-0.2, 0) is 14.3 Å². The lowest BCUT2D eigenvalue weighted by Gasteiger charge is -2.34. The van der Waals surface area contributed by atoms with Gasteiger partial charge in [-0.1, -0.05) is 0 Å². The Kier molecular flexibility index (Phi) is 7.30. The average Bonchev–Trinajstić information content (AvgIpc) is 2.42. The minimum absolute atomic E-state index is 0.0366. The SMILES string of the molecule is CN(C)CCOCCNC(=O)C1(CN)CCOCC1. The topological polar surface area (TPSA) is 76.8 Å². The number of likely N-dealkylation sites (N-methyl/N-ethyl adjacent to an activating group) is 1. The first-order valence-corrected chi connectivity index (χ1v) is 6.89. The van der Waals surface area contributed by atoms with Crippen LogP contribution in [0.3, 0.4) is 0 Å². The molecule has 1 saturated heterocycles. The molecule has 1 rings (SSSR count). The summed E-state index contributed by atoms with van der Waals surface area (Å²) in [5, 5.41) is 2.92. The lowest BCUT2D eigenvalue weighted by molar-refractivity contribution is -0.136. The molecule has 0 aromatic rings. The van der Waals surface area contributed by atoms with E-state index < -0.39 is 5.41 Å². The van der Waals surface area contributed by atoms with Crippen molar-refractivity contribution in [2.75, 3.05) is 60.2 Å². The molecule has 0 radical (unpaired) electrons. The number of carbonyl (C=O) groups is 1. The lowest BCUT2D eigenvalue weighted by Crippen LogP contribution is -2.49. The number of hydrogen-bond donors (Lipinski definition) is 2. The van der Waals surface area contributed by atoms with Crippen LogP contribution in [0.1, 0.15) is 12.8 Å². The second-order valence-electron chi connectivity index (χ2n) is 5.27. The Morgan fingerprint density at radius 3 is 2.63 bits per heavy atom. The van der Waals surface area contributed by atoms with Gasteiger partial charge >= 0.3 is 0 Å². The maximum absolute atomic E-state index is 12.2. The van der Waals surface area contributed by atoms with Crippen molar-refractivity contribution in [3.8, 4) is 0 Å². The molecule has 0 aromatic heterocycles. The molecular formula is C13H27N3O3. The Balaban J connectivity index is 2.18. The molecule has 0 bridgehead atoms. The third-order valence-electron chi connectivity index (χ3n) is 3.54. The number of hydrogen-bond acceptors (Lipinski definition) is 5. The van der Waals surface area contributed by atoms with E-state index in [1.807, 2.05) is 14.1 Å². The predicted molar refractivity (Wildman–Crippen MR) is 73.9 cm³/mol. The molecular weight excluding hydrogens is 246 g/mol. The summed E-state index contributed by atoms with van der Waals surface area (Å²) in [6, 6.07) is 0. The molecule has 0 aliphatic carbocycles. The van der Waals surface area contributed by atoms with Gasteiger partial charge in [0.05, 0.1) is 18.6 Å². The van der Waals surface area contributed by atoms with Crippen LogP contribution >= 0.6 is 0 Å². The summed E-state index contributed by atoms with van der Waals surface area (Å²) < 4.78 is 10.7. The van der Waals surface area contributed by atoms with Gasteiger partial charge in [0.1, 0.15) is 0 Å². The Labute approximate surface area is 115 Å². The van der Waals surface area contributed by atoms with Gasteiger partial charge in [0.15, 0.2) is 0 Å². The smallest absolute Gasteiger partial charge is 0.227 e. The molecule has 3 N–H and O–H groups in total. The van der Waals surface area contributed by atoms with Gasteiger partial charge in [-0.2, -0.15) is 0 Å². The number of carbonyl (C=O) groups excluding carboxylic acids is 1. The fraction of sp³-hybridized carbons (Fsp3) is 0.923. The number of nitrogens with zero attached hydrogens (tertiary/aromatic N) is 1. The highest BCUT2D eigenvalue weighted by Gasteiger charge is 2.38. The van der Waals surface area contributed by atoms with Gasteiger partial charge in [0.25, 0.3) is 0 Å². The molecule has 1 fully saturated rings. The summed E-state index contributed by atoms with van der Waals surface area (Å²) in [7, 11) is 4.00. The van der Waals surface area contributed by atoms with E-state index in [0.29, 0.717) is 52.4 Å². The summed E-state index contributed by atoms with van der Waals surface area (Å²) >= 11 is 0. The molecule has 1 aliphatic rings. The normalized spacial score (nSPS) is 18.5. The molecule has 19 heavy (non-hydrogen) atoms. The highest BCUT2D eigenvalue weighted by molar-refractivity contribution is 5.83. The first-order valence-electron chi connectivity index (χ1n) is 6.89. The Bertz CT molecular complexity index is 266. The van der Waals surface area contributed by atoms with Crippen molar-refractivity contribution in [1.82, 2.24) is 10.2 Å². The minimum Gasteiger partial charge on any atom is -0.381 e. The Hall–Kier alpha value is -0.690. The lowest BCUT2D eigenvalue weighted by atomic mass is 9.79. The number of rotatable bonds is 8. The van der Waals surface area contributed by atoms with Gasteiger partial charge in [0.2, 0.25) is 5.91 Å². The molecule has 1 heterocycles. The Morgan fingerprint density at radius 2 is 2.05 bits per heavy atom. The Morgan fingerprint density at radius 1 is 1.37 bits per heavy atom.